The Hall–Kier alpha value is -3.06. The molecule has 0 aliphatic heterocycles. The second-order valence-corrected chi connectivity index (χ2v) is 14.8. The van der Waals surface area contributed by atoms with E-state index in [1.807, 2.05) is 0 Å². The Bertz CT molecular complexity index is 1440. The van der Waals surface area contributed by atoms with E-state index in [9.17, 15) is 0 Å². The summed E-state index contributed by atoms with van der Waals surface area (Å²) in [5.41, 5.74) is 10.9. The van der Waals surface area contributed by atoms with E-state index in [-0.39, 0.29) is 5.41 Å². The van der Waals surface area contributed by atoms with Gasteiger partial charge < -0.3 is 4.90 Å². The first kappa shape index (κ1) is 34.8. The summed E-state index contributed by atoms with van der Waals surface area (Å²) in [5.74, 6) is 1.42. The predicted molar refractivity (Wildman–Crippen MR) is 201 cm³/mol. The number of rotatable bonds is 15. The lowest BCUT2D eigenvalue weighted by Crippen LogP contribution is -2.15. The highest BCUT2D eigenvalue weighted by Crippen LogP contribution is 2.41. The minimum Gasteiger partial charge on any atom is -0.310 e. The lowest BCUT2D eigenvalue weighted by molar-refractivity contribution is 0.449. The Labute approximate surface area is 276 Å². The second-order valence-electron chi connectivity index (χ2n) is 14.8. The van der Waals surface area contributed by atoms with Gasteiger partial charge >= 0.3 is 0 Å². The van der Waals surface area contributed by atoms with E-state index in [1.54, 1.807) is 0 Å². The molecule has 0 amide bonds. The van der Waals surface area contributed by atoms with Gasteiger partial charge in [-0.15, -0.1) is 0 Å². The summed E-state index contributed by atoms with van der Waals surface area (Å²) in [6, 6.07) is 28.3. The first-order valence-electron chi connectivity index (χ1n) is 18.1. The zero-order valence-electron chi connectivity index (χ0n) is 30.1. The molecule has 2 atom stereocenters. The second kappa shape index (κ2) is 16.0. The topological polar surface area (TPSA) is 3.24 Å². The molecule has 4 aromatic rings. The van der Waals surface area contributed by atoms with Crippen LogP contribution in [0.5, 0.6) is 0 Å². The standard InChI is InChI=1S/C44H61N/c1-10-14-16-34(12-3)26-36-28-38(44(7,8)9)30-42-37(27-35(13-4)17-15-11-2)29-41(31-43(36)42)45(39-22-18-32(5)19-23-39)40-24-20-33(6)21-25-40/h18-25,28-31,34-35H,10-17,26-27H2,1-9H3. The van der Waals surface area contributed by atoms with Gasteiger partial charge in [-0.2, -0.15) is 0 Å². The molecular formula is C44H61N. The highest BCUT2D eigenvalue weighted by atomic mass is 15.1. The predicted octanol–water partition coefficient (Wildman–Crippen LogP) is 13.7. The maximum Gasteiger partial charge on any atom is 0.0470 e. The van der Waals surface area contributed by atoms with Crippen LogP contribution in [0.2, 0.25) is 0 Å². The van der Waals surface area contributed by atoms with Gasteiger partial charge in [-0.05, 0) is 108 Å². The molecule has 242 valence electrons. The van der Waals surface area contributed by atoms with E-state index in [0.29, 0.717) is 11.8 Å². The minimum absolute atomic E-state index is 0.103. The summed E-state index contributed by atoms with van der Waals surface area (Å²) in [6.45, 7) is 20.9. The molecule has 0 aromatic heterocycles. The maximum atomic E-state index is 2.57. The summed E-state index contributed by atoms with van der Waals surface area (Å²) < 4.78 is 0. The van der Waals surface area contributed by atoms with Crippen molar-refractivity contribution in [1.82, 2.24) is 0 Å². The van der Waals surface area contributed by atoms with Gasteiger partial charge in [0, 0.05) is 17.1 Å². The van der Waals surface area contributed by atoms with E-state index in [4.69, 9.17) is 0 Å². The van der Waals surface area contributed by atoms with Crippen molar-refractivity contribution in [3.8, 4) is 0 Å². The Kier molecular flexibility index (Phi) is 12.4. The summed E-state index contributed by atoms with van der Waals surface area (Å²) in [6.07, 6.45) is 12.5. The van der Waals surface area contributed by atoms with Gasteiger partial charge in [-0.3, -0.25) is 0 Å². The molecule has 1 heteroatoms. The van der Waals surface area contributed by atoms with Gasteiger partial charge in [0.15, 0.2) is 0 Å². The van der Waals surface area contributed by atoms with Crippen LogP contribution in [0.15, 0.2) is 72.8 Å². The first-order valence-corrected chi connectivity index (χ1v) is 18.1. The summed E-state index contributed by atoms with van der Waals surface area (Å²) in [4.78, 5) is 2.49. The van der Waals surface area contributed by atoms with Gasteiger partial charge in [0.1, 0.15) is 0 Å². The van der Waals surface area contributed by atoms with Crippen molar-refractivity contribution >= 4 is 27.8 Å². The number of unbranched alkanes of at least 4 members (excludes halogenated alkanes) is 2. The van der Waals surface area contributed by atoms with Crippen molar-refractivity contribution in [1.29, 1.82) is 0 Å². The van der Waals surface area contributed by atoms with Crippen LogP contribution in [0.25, 0.3) is 10.8 Å². The third-order valence-corrected chi connectivity index (χ3v) is 10.0. The van der Waals surface area contributed by atoms with Crippen molar-refractivity contribution in [2.45, 2.75) is 132 Å². The van der Waals surface area contributed by atoms with Gasteiger partial charge in [0.05, 0.1) is 0 Å². The molecule has 2 unspecified atom stereocenters. The third kappa shape index (κ3) is 9.02. The molecule has 0 aliphatic carbocycles. The molecule has 4 aromatic carbocycles. The summed E-state index contributed by atoms with van der Waals surface area (Å²) in [7, 11) is 0. The van der Waals surface area contributed by atoms with Crippen molar-refractivity contribution < 1.29 is 0 Å². The quantitative estimate of drug-likeness (QED) is 0.131. The number of benzene rings is 4. The average molecular weight is 604 g/mol. The largest absolute Gasteiger partial charge is 0.310 e. The summed E-state index contributed by atoms with van der Waals surface area (Å²) in [5, 5.41) is 2.94. The van der Waals surface area contributed by atoms with Crippen LogP contribution in [0.1, 0.15) is 128 Å². The maximum absolute atomic E-state index is 2.57. The fourth-order valence-corrected chi connectivity index (χ4v) is 6.84. The third-order valence-electron chi connectivity index (χ3n) is 10.0. The highest BCUT2D eigenvalue weighted by Gasteiger charge is 2.23. The van der Waals surface area contributed by atoms with Crippen molar-refractivity contribution in [3.05, 3.63) is 101 Å². The molecule has 0 N–H and O–H groups in total. The molecular weight excluding hydrogens is 542 g/mol. The van der Waals surface area contributed by atoms with Crippen LogP contribution in [-0.2, 0) is 18.3 Å². The number of anilines is 3. The van der Waals surface area contributed by atoms with Crippen molar-refractivity contribution in [3.63, 3.8) is 0 Å². The first-order chi connectivity index (χ1) is 21.6. The number of hydrogen-bond donors (Lipinski definition) is 0. The van der Waals surface area contributed by atoms with E-state index >= 15 is 0 Å². The fraction of sp³-hybridized carbons (Fsp3) is 0.500. The zero-order valence-corrected chi connectivity index (χ0v) is 30.1. The van der Waals surface area contributed by atoms with Gasteiger partial charge in [-0.25, -0.2) is 0 Å². The van der Waals surface area contributed by atoms with E-state index < -0.39 is 0 Å². The SMILES string of the molecule is CCCCC(CC)Cc1cc(C(C)(C)C)cc2c(CC(CC)CCCC)cc(N(c3ccc(C)cc3)c3ccc(C)cc3)cc12. The van der Waals surface area contributed by atoms with Crippen LogP contribution in [-0.4, -0.2) is 0 Å². The van der Waals surface area contributed by atoms with Gasteiger partial charge in [0.25, 0.3) is 0 Å². The number of aryl methyl sites for hydroxylation is 2. The van der Waals surface area contributed by atoms with Gasteiger partial charge in [-0.1, -0.05) is 147 Å². The van der Waals surface area contributed by atoms with Crippen LogP contribution >= 0.6 is 0 Å². The Morgan fingerprint density at radius 3 is 1.42 bits per heavy atom. The Morgan fingerprint density at radius 1 is 0.556 bits per heavy atom. The Morgan fingerprint density at radius 2 is 1.00 bits per heavy atom. The lowest BCUT2D eigenvalue weighted by Gasteiger charge is -2.29. The number of fused-ring (bicyclic) bond motifs is 1. The van der Waals surface area contributed by atoms with E-state index in [0.717, 1.165) is 12.8 Å². The smallest absolute Gasteiger partial charge is 0.0470 e. The minimum atomic E-state index is 0.103. The summed E-state index contributed by atoms with van der Waals surface area (Å²) >= 11 is 0. The molecule has 4 rings (SSSR count). The molecule has 0 radical (unpaired) electrons. The van der Waals surface area contributed by atoms with Crippen molar-refractivity contribution in [2.75, 3.05) is 4.90 Å². The highest BCUT2D eigenvalue weighted by molar-refractivity contribution is 5.95. The molecule has 0 saturated heterocycles. The van der Waals surface area contributed by atoms with Gasteiger partial charge in [0.2, 0.25) is 0 Å². The molecule has 0 saturated carbocycles. The van der Waals surface area contributed by atoms with Crippen molar-refractivity contribution in [2.24, 2.45) is 11.8 Å². The molecule has 0 heterocycles. The molecule has 0 aliphatic rings. The van der Waals surface area contributed by atoms with Crippen LogP contribution in [0.4, 0.5) is 17.1 Å². The normalized spacial score (nSPS) is 13.3. The lowest BCUT2D eigenvalue weighted by atomic mass is 9.80. The van der Waals surface area contributed by atoms with Crippen LogP contribution in [0.3, 0.4) is 0 Å². The molecule has 1 nitrogen and oxygen atoms in total. The molecule has 0 spiro atoms. The van der Waals surface area contributed by atoms with Crippen LogP contribution < -0.4 is 4.90 Å². The number of nitrogens with zero attached hydrogens (tertiary/aromatic N) is 1. The monoisotopic (exact) mass is 603 g/mol. The number of hydrogen-bond acceptors (Lipinski definition) is 1. The molecule has 0 bridgehead atoms. The molecule has 45 heavy (non-hydrogen) atoms. The fourth-order valence-electron chi connectivity index (χ4n) is 6.84. The average Bonchev–Trinajstić information content (AvgIpc) is 3.02. The van der Waals surface area contributed by atoms with E-state index in [1.165, 1.54) is 107 Å². The molecule has 0 fully saturated rings. The zero-order chi connectivity index (χ0) is 32.6. The van der Waals surface area contributed by atoms with Crippen LogP contribution in [0, 0.1) is 25.7 Å². The Balaban J connectivity index is 2.02. The van der Waals surface area contributed by atoms with E-state index in [2.05, 4.69) is 140 Å².